The Bertz CT molecular complexity index is 849. The van der Waals surface area contributed by atoms with E-state index < -0.39 is 0 Å². The van der Waals surface area contributed by atoms with Gasteiger partial charge in [-0.15, -0.1) is 16.4 Å². The van der Waals surface area contributed by atoms with Gasteiger partial charge in [-0.05, 0) is 39.8 Å². The first-order valence-electron chi connectivity index (χ1n) is 9.37. The van der Waals surface area contributed by atoms with E-state index in [1.165, 1.54) is 16.6 Å². The molecule has 2 heterocycles. The smallest absolute Gasteiger partial charge is 0.230 e. The van der Waals surface area contributed by atoms with E-state index in [2.05, 4.69) is 58.3 Å². The molecule has 0 bridgehead atoms. The number of tetrazole rings is 1. The Morgan fingerprint density at radius 1 is 1.21 bits per heavy atom. The molecule has 0 aliphatic heterocycles. The normalized spacial score (nSPS) is 12.2. The predicted molar refractivity (Wildman–Crippen MR) is 113 cm³/mol. The van der Waals surface area contributed by atoms with Crippen molar-refractivity contribution in [2.24, 2.45) is 5.92 Å². The Morgan fingerprint density at radius 3 is 2.75 bits per heavy atom. The molecule has 3 aromatic rings. The number of carbonyl (C=O) groups is 1. The number of amides is 1. The monoisotopic (exact) mass is 415 g/mol. The number of carbonyl (C=O) groups excluding carboxylic acids is 1. The fraction of sp³-hybridized carbons (Fsp3) is 0.400. The van der Waals surface area contributed by atoms with Gasteiger partial charge in [0.05, 0.1) is 18.3 Å². The van der Waals surface area contributed by atoms with Crippen molar-refractivity contribution in [3.8, 4) is 0 Å². The van der Waals surface area contributed by atoms with Gasteiger partial charge in [-0.25, -0.2) is 4.68 Å². The number of thioether (sulfide) groups is 1. The van der Waals surface area contributed by atoms with Gasteiger partial charge in [-0.1, -0.05) is 62.0 Å². The van der Waals surface area contributed by atoms with Gasteiger partial charge in [-0.3, -0.25) is 4.79 Å². The molecule has 0 aliphatic rings. The zero-order chi connectivity index (χ0) is 19.8. The highest BCUT2D eigenvalue weighted by atomic mass is 32.2. The maximum absolute atomic E-state index is 12.6. The molecule has 1 atom stereocenters. The zero-order valence-electron chi connectivity index (χ0n) is 16.1. The van der Waals surface area contributed by atoms with Crippen molar-refractivity contribution in [2.75, 3.05) is 5.75 Å². The van der Waals surface area contributed by atoms with Gasteiger partial charge in [0.1, 0.15) is 0 Å². The lowest BCUT2D eigenvalue weighted by Gasteiger charge is -2.21. The number of hydrogen-bond donors (Lipinski definition) is 1. The highest BCUT2D eigenvalue weighted by molar-refractivity contribution is 7.99. The topological polar surface area (TPSA) is 72.7 Å². The second kappa shape index (κ2) is 10.4. The summed E-state index contributed by atoms with van der Waals surface area (Å²) in [5, 5.41) is 17.8. The fourth-order valence-corrected chi connectivity index (χ4v) is 4.33. The summed E-state index contributed by atoms with van der Waals surface area (Å²) in [6.45, 7) is 5.04. The molecule has 0 spiro atoms. The van der Waals surface area contributed by atoms with Gasteiger partial charge in [0.15, 0.2) is 0 Å². The average molecular weight is 416 g/mol. The Labute approximate surface area is 173 Å². The largest absolute Gasteiger partial charge is 0.349 e. The number of nitrogens with one attached hydrogen (secondary N) is 1. The molecule has 1 amide bonds. The Hall–Kier alpha value is -2.19. The molecule has 1 aromatic carbocycles. The third-order valence-electron chi connectivity index (χ3n) is 4.23. The molecule has 0 radical (unpaired) electrons. The van der Waals surface area contributed by atoms with Crippen molar-refractivity contribution in [3.05, 3.63) is 58.3 Å². The minimum Gasteiger partial charge on any atom is -0.349 e. The van der Waals surface area contributed by atoms with Crippen molar-refractivity contribution in [3.63, 3.8) is 0 Å². The van der Waals surface area contributed by atoms with E-state index in [0.29, 0.717) is 23.4 Å². The zero-order valence-corrected chi connectivity index (χ0v) is 17.7. The summed E-state index contributed by atoms with van der Waals surface area (Å²) in [5.74, 6) is 0.774. The lowest BCUT2D eigenvalue weighted by Crippen LogP contribution is -2.31. The SMILES string of the molecule is CC(C)CC(NC(=O)CSc1nnnn1CCc1cccs1)c1ccccc1. The highest BCUT2D eigenvalue weighted by Crippen LogP contribution is 2.22. The third kappa shape index (κ3) is 6.17. The van der Waals surface area contributed by atoms with Crippen molar-refractivity contribution >= 4 is 29.0 Å². The van der Waals surface area contributed by atoms with Gasteiger partial charge < -0.3 is 5.32 Å². The van der Waals surface area contributed by atoms with E-state index in [1.54, 1.807) is 16.0 Å². The van der Waals surface area contributed by atoms with Crippen LogP contribution in [0.5, 0.6) is 0 Å². The van der Waals surface area contributed by atoms with E-state index in [0.717, 1.165) is 18.4 Å². The van der Waals surface area contributed by atoms with Crippen molar-refractivity contribution in [2.45, 2.75) is 44.4 Å². The van der Waals surface area contributed by atoms with Gasteiger partial charge in [0.25, 0.3) is 0 Å². The number of rotatable bonds is 10. The Kier molecular flexibility index (Phi) is 7.62. The van der Waals surface area contributed by atoms with E-state index in [-0.39, 0.29) is 11.9 Å². The first-order valence-corrected chi connectivity index (χ1v) is 11.2. The van der Waals surface area contributed by atoms with Crippen LogP contribution in [0.2, 0.25) is 0 Å². The van der Waals surface area contributed by atoms with Crippen LogP contribution in [0.25, 0.3) is 0 Å². The number of aromatic nitrogens is 4. The second-order valence-corrected chi connectivity index (χ2v) is 8.94. The first kappa shape index (κ1) is 20.5. The summed E-state index contributed by atoms with van der Waals surface area (Å²) >= 11 is 3.10. The van der Waals surface area contributed by atoms with Crippen LogP contribution in [0.3, 0.4) is 0 Å². The minimum absolute atomic E-state index is 0.00712. The minimum atomic E-state index is -0.00712. The average Bonchev–Trinajstić information content (AvgIpc) is 3.36. The van der Waals surface area contributed by atoms with Gasteiger partial charge in [0, 0.05) is 11.3 Å². The Morgan fingerprint density at radius 2 is 2.04 bits per heavy atom. The molecular weight excluding hydrogens is 390 g/mol. The number of thiophene rings is 1. The van der Waals surface area contributed by atoms with Gasteiger partial charge in [-0.2, -0.15) is 0 Å². The lowest BCUT2D eigenvalue weighted by atomic mass is 9.97. The fourth-order valence-electron chi connectivity index (χ4n) is 2.91. The third-order valence-corrected chi connectivity index (χ3v) is 6.12. The maximum atomic E-state index is 12.6. The lowest BCUT2D eigenvalue weighted by molar-refractivity contribution is -0.119. The summed E-state index contributed by atoms with van der Waals surface area (Å²) < 4.78 is 1.76. The van der Waals surface area contributed by atoms with Crippen molar-refractivity contribution < 1.29 is 4.79 Å². The van der Waals surface area contributed by atoms with Crippen LogP contribution < -0.4 is 5.32 Å². The summed E-state index contributed by atoms with van der Waals surface area (Å²) in [4.78, 5) is 13.8. The summed E-state index contributed by atoms with van der Waals surface area (Å²) in [6.07, 6.45) is 1.78. The standard InChI is InChI=1S/C20H25N5OS2/c1-15(2)13-18(16-7-4-3-5-8-16)21-19(26)14-28-20-22-23-24-25(20)11-10-17-9-6-12-27-17/h3-9,12,15,18H,10-11,13-14H2,1-2H3,(H,21,26). The van der Waals surface area contributed by atoms with Gasteiger partial charge in [0.2, 0.25) is 11.1 Å². The summed E-state index contributed by atoms with van der Waals surface area (Å²) in [7, 11) is 0. The highest BCUT2D eigenvalue weighted by Gasteiger charge is 2.17. The van der Waals surface area contributed by atoms with Crippen LogP contribution in [0.15, 0.2) is 53.0 Å². The summed E-state index contributed by atoms with van der Waals surface area (Å²) in [5.41, 5.74) is 1.13. The molecule has 0 saturated carbocycles. The molecule has 1 N–H and O–H groups in total. The van der Waals surface area contributed by atoms with Crippen molar-refractivity contribution in [1.82, 2.24) is 25.5 Å². The summed E-state index contributed by atoms with van der Waals surface area (Å²) in [6, 6.07) is 14.3. The first-order chi connectivity index (χ1) is 13.6. The number of nitrogens with zero attached hydrogens (tertiary/aromatic N) is 4. The van der Waals surface area contributed by atoms with Gasteiger partial charge >= 0.3 is 0 Å². The van der Waals surface area contributed by atoms with Crippen LogP contribution in [-0.2, 0) is 17.8 Å². The number of hydrogen-bond acceptors (Lipinski definition) is 6. The molecule has 28 heavy (non-hydrogen) atoms. The number of aryl methyl sites for hydroxylation is 2. The van der Waals surface area contributed by atoms with E-state index in [9.17, 15) is 4.79 Å². The maximum Gasteiger partial charge on any atom is 0.230 e. The molecule has 0 aliphatic carbocycles. The van der Waals surface area contributed by atoms with Crippen LogP contribution in [0, 0.1) is 5.92 Å². The Balaban J connectivity index is 1.54. The van der Waals surface area contributed by atoms with Crippen LogP contribution in [-0.4, -0.2) is 31.9 Å². The molecule has 8 heteroatoms. The molecule has 6 nitrogen and oxygen atoms in total. The van der Waals surface area contributed by atoms with E-state index in [1.807, 2.05) is 24.3 Å². The van der Waals surface area contributed by atoms with E-state index in [4.69, 9.17) is 0 Å². The van der Waals surface area contributed by atoms with Crippen LogP contribution >= 0.6 is 23.1 Å². The van der Waals surface area contributed by atoms with Crippen LogP contribution in [0.4, 0.5) is 0 Å². The predicted octanol–water partition coefficient (Wildman–Crippen LogP) is 3.97. The number of benzene rings is 1. The molecule has 2 aromatic heterocycles. The molecule has 0 saturated heterocycles. The molecule has 1 unspecified atom stereocenters. The van der Waals surface area contributed by atoms with E-state index >= 15 is 0 Å². The molecule has 3 rings (SSSR count). The van der Waals surface area contributed by atoms with Crippen molar-refractivity contribution in [1.29, 1.82) is 0 Å². The molecule has 0 fully saturated rings. The molecule has 148 valence electrons. The van der Waals surface area contributed by atoms with Crippen LogP contribution in [0.1, 0.15) is 36.8 Å². The second-order valence-electron chi connectivity index (χ2n) is 6.96. The quantitative estimate of drug-likeness (QED) is 0.507. The molecular formula is C20H25N5OS2.